The van der Waals surface area contributed by atoms with Gasteiger partial charge in [-0.2, -0.15) is 0 Å². The van der Waals surface area contributed by atoms with Gasteiger partial charge in [-0.15, -0.1) is 0 Å². The van der Waals surface area contributed by atoms with Crippen molar-refractivity contribution < 1.29 is 9.59 Å². The van der Waals surface area contributed by atoms with E-state index in [0.29, 0.717) is 6.42 Å². The molecule has 2 nitrogen and oxygen atoms in total. The standard InChI is InChI=1S/C13H16O2/c1-5-11-7-13(9(3)14,10(4)15)8-12(11)6-2/h5-7H,1,8H2,2-4H3/b12-6+. The first-order valence-corrected chi connectivity index (χ1v) is 5.01. The van der Waals surface area contributed by atoms with Crippen LogP contribution < -0.4 is 0 Å². The molecule has 80 valence electrons. The van der Waals surface area contributed by atoms with Gasteiger partial charge >= 0.3 is 0 Å². The summed E-state index contributed by atoms with van der Waals surface area (Å²) in [6.07, 6.45) is 5.86. The SMILES string of the molecule is C=CC1=CC(C(C)=O)(C(C)=O)C/C1=C\C. The molecule has 0 amide bonds. The highest BCUT2D eigenvalue weighted by molar-refractivity contribution is 6.08. The Labute approximate surface area is 90.4 Å². The molecular weight excluding hydrogens is 188 g/mol. The molecule has 1 rings (SSSR count). The molecule has 0 aromatic carbocycles. The van der Waals surface area contributed by atoms with Crippen LogP contribution in [0.3, 0.4) is 0 Å². The Morgan fingerprint density at radius 3 is 2.20 bits per heavy atom. The average Bonchev–Trinajstić information content (AvgIpc) is 2.57. The van der Waals surface area contributed by atoms with E-state index in [4.69, 9.17) is 0 Å². The second-order valence-electron chi connectivity index (χ2n) is 3.88. The van der Waals surface area contributed by atoms with Crippen LogP contribution in [0.15, 0.2) is 36.0 Å². The Hall–Kier alpha value is -1.44. The van der Waals surface area contributed by atoms with Crippen molar-refractivity contribution in [1.82, 2.24) is 0 Å². The number of carbonyl (C=O) groups excluding carboxylic acids is 2. The summed E-state index contributed by atoms with van der Waals surface area (Å²) in [6.45, 7) is 8.54. The molecule has 0 spiro atoms. The van der Waals surface area contributed by atoms with Crippen molar-refractivity contribution >= 4 is 11.6 Å². The summed E-state index contributed by atoms with van der Waals surface area (Å²) < 4.78 is 0. The summed E-state index contributed by atoms with van der Waals surface area (Å²) in [7, 11) is 0. The quantitative estimate of drug-likeness (QED) is 0.662. The van der Waals surface area contributed by atoms with E-state index < -0.39 is 5.41 Å². The normalized spacial score (nSPS) is 21.3. The van der Waals surface area contributed by atoms with Gasteiger partial charge in [0, 0.05) is 0 Å². The summed E-state index contributed by atoms with van der Waals surface area (Å²) in [5, 5.41) is 0. The van der Waals surface area contributed by atoms with E-state index in [9.17, 15) is 9.59 Å². The molecule has 0 saturated carbocycles. The van der Waals surface area contributed by atoms with Crippen LogP contribution in [-0.2, 0) is 9.59 Å². The molecule has 0 unspecified atom stereocenters. The van der Waals surface area contributed by atoms with Crippen molar-refractivity contribution in [2.24, 2.45) is 5.41 Å². The van der Waals surface area contributed by atoms with E-state index in [1.54, 1.807) is 12.2 Å². The van der Waals surface area contributed by atoms with Crippen LogP contribution in [-0.4, -0.2) is 11.6 Å². The zero-order valence-corrected chi connectivity index (χ0v) is 9.46. The first-order chi connectivity index (χ1) is 6.97. The summed E-state index contributed by atoms with van der Waals surface area (Å²) in [5.74, 6) is -0.183. The molecule has 0 fully saturated rings. The minimum atomic E-state index is -0.939. The highest BCUT2D eigenvalue weighted by Crippen LogP contribution is 2.41. The Balaban J connectivity index is 3.29. The van der Waals surface area contributed by atoms with Gasteiger partial charge in [0.15, 0.2) is 0 Å². The monoisotopic (exact) mass is 204 g/mol. The molecule has 0 heterocycles. The summed E-state index contributed by atoms with van der Waals surface area (Å²) in [4.78, 5) is 23.2. The molecule has 15 heavy (non-hydrogen) atoms. The lowest BCUT2D eigenvalue weighted by Gasteiger charge is -2.19. The van der Waals surface area contributed by atoms with Crippen molar-refractivity contribution in [3.63, 3.8) is 0 Å². The van der Waals surface area contributed by atoms with Crippen molar-refractivity contribution in [1.29, 1.82) is 0 Å². The second kappa shape index (κ2) is 3.97. The van der Waals surface area contributed by atoms with E-state index in [1.807, 2.05) is 13.0 Å². The average molecular weight is 204 g/mol. The first kappa shape index (κ1) is 11.6. The zero-order chi connectivity index (χ0) is 11.6. The fourth-order valence-electron chi connectivity index (χ4n) is 1.97. The molecule has 0 N–H and O–H groups in total. The van der Waals surface area contributed by atoms with Gasteiger partial charge in [-0.25, -0.2) is 0 Å². The maximum Gasteiger partial charge on any atom is 0.147 e. The molecule has 0 aliphatic heterocycles. The number of carbonyl (C=O) groups is 2. The zero-order valence-electron chi connectivity index (χ0n) is 9.46. The molecule has 0 aromatic heterocycles. The smallest absolute Gasteiger partial charge is 0.147 e. The highest BCUT2D eigenvalue weighted by Gasteiger charge is 2.43. The van der Waals surface area contributed by atoms with E-state index in [-0.39, 0.29) is 11.6 Å². The van der Waals surface area contributed by atoms with Crippen LogP contribution >= 0.6 is 0 Å². The van der Waals surface area contributed by atoms with Crippen molar-refractivity contribution in [2.45, 2.75) is 27.2 Å². The minimum absolute atomic E-state index is 0.0915. The van der Waals surface area contributed by atoms with Crippen LogP contribution in [0.1, 0.15) is 27.2 Å². The third-order valence-electron chi connectivity index (χ3n) is 3.07. The minimum Gasteiger partial charge on any atom is -0.299 e. The highest BCUT2D eigenvalue weighted by atomic mass is 16.2. The lowest BCUT2D eigenvalue weighted by molar-refractivity contribution is -0.134. The number of Topliss-reactive ketones (excluding diaryl/α,β-unsaturated/α-hetero) is 2. The molecule has 0 aromatic rings. The molecule has 0 radical (unpaired) electrons. The lowest BCUT2D eigenvalue weighted by Crippen LogP contribution is -2.32. The molecule has 0 atom stereocenters. The third kappa shape index (κ3) is 1.72. The number of hydrogen-bond donors (Lipinski definition) is 0. The Morgan fingerprint density at radius 2 is 1.93 bits per heavy atom. The topological polar surface area (TPSA) is 34.1 Å². The Bertz CT molecular complexity index is 369. The van der Waals surface area contributed by atoms with Crippen LogP contribution in [0.4, 0.5) is 0 Å². The van der Waals surface area contributed by atoms with Crippen molar-refractivity contribution in [3.05, 3.63) is 36.0 Å². The molecular formula is C13H16O2. The second-order valence-corrected chi connectivity index (χ2v) is 3.88. The van der Waals surface area contributed by atoms with Gasteiger partial charge in [-0.3, -0.25) is 9.59 Å². The van der Waals surface area contributed by atoms with E-state index in [0.717, 1.165) is 11.1 Å². The van der Waals surface area contributed by atoms with Gasteiger partial charge in [-0.05, 0) is 38.3 Å². The number of allylic oxidation sites excluding steroid dienone is 5. The fraction of sp³-hybridized carbons (Fsp3) is 0.385. The third-order valence-corrected chi connectivity index (χ3v) is 3.07. The number of hydrogen-bond acceptors (Lipinski definition) is 2. The molecule has 1 aliphatic rings. The predicted octanol–water partition coefficient (Wildman–Crippen LogP) is 2.61. The molecule has 1 aliphatic carbocycles. The van der Waals surface area contributed by atoms with Crippen LogP contribution in [0.2, 0.25) is 0 Å². The Kier molecular flexibility index (Phi) is 3.08. The molecule has 2 heteroatoms. The van der Waals surface area contributed by atoms with E-state index in [1.165, 1.54) is 13.8 Å². The van der Waals surface area contributed by atoms with Gasteiger partial charge in [0.2, 0.25) is 0 Å². The van der Waals surface area contributed by atoms with Gasteiger partial charge in [-0.1, -0.05) is 24.8 Å². The maximum absolute atomic E-state index is 11.6. The molecule has 0 saturated heterocycles. The van der Waals surface area contributed by atoms with Crippen LogP contribution in [0.5, 0.6) is 0 Å². The summed E-state index contributed by atoms with van der Waals surface area (Å²) in [6, 6.07) is 0. The molecule has 0 bridgehead atoms. The van der Waals surface area contributed by atoms with Crippen molar-refractivity contribution in [2.75, 3.05) is 0 Å². The van der Waals surface area contributed by atoms with Gasteiger partial charge in [0.25, 0.3) is 0 Å². The maximum atomic E-state index is 11.6. The van der Waals surface area contributed by atoms with Gasteiger partial charge < -0.3 is 0 Å². The summed E-state index contributed by atoms with van der Waals surface area (Å²) >= 11 is 0. The fourth-order valence-corrected chi connectivity index (χ4v) is 1.97. The van der Waals surface area contributed by atoms with Crippen LogP contribution in [0.25, 0.3) is 0 Å². The first-order valence-electron chi connectivity index (χ1n) is 5.01. The van der Waals surface area contributed by atoms with E-state index >= 15 is 0 Å². The van der Waals surface area contributed by atoms with Crippen LogP contribution in [0, 0.1) is 5.41 Å². The number of ketones is 2. The lowest BCUT2D eigenvalue weighted by atomic mass is 9.79. The van der Waals surface area contributed by atoms with Gasteiger partial charge in [0.05, 0.1) is 0 Å². The van der Waals surface area contributed by atoms with Gasteiger partial charge in [0.1, 0.15) is 17.0 Å². The Morgan fingerprint density at radius 1 is 1.40 bits per heavy atom. The number of rotatable bonds is 3. The summed E-state index contributed by atoms with van der Waals surface area (Å²) in [5.41, 5.74) is 0.990. The largest absolute Gasteiger partial charge is 0.299 e. The predicted molar refractivity (Wildman–Crippen MR) is 60.4 cm³/mol. The van der Waals surface area contributed by atoms with Crippen molar-refractivity contribution in [3.8, 4) is 0 Å². The van der Waals surface area contributed by atoms with E-state index in [2.05, 4.69) is 6.58 Å².